The number of hydrogen-bond acceptors (Lipinski definition) is 3. The quantitative estimate of drug-likeness (QED) is 0.788. The molecular weight excluding hydrogens is 247 g/mol. The molecule has 0 bridgehead atoms. The lowest BCUT2D eigenvalue weighted by molar-refractivity contribution is -0.137. The van der Waals surface area contributed by atoms with E-state index in [0.29, 0.717) is 17.8 Å². The van der Waals surface area contributed by atoms with Crippen LogP contribution in [0.15, 0.2) is 18.2 Å². The first-order valence-electron chi connectivity index (χ1n) is 5.35. The lowest BCUT2D eigenvalue weighted by Gasteiger charge is -2.05. The second-order valence-electron chi connectivity index (χ2n) is 3.97. The molecule has 1 heterocycles. The Bertz CT molecular complexity index is 550. The van der Waals surface area contributed by atoms with E-state index in [4.69, 9.17) is 10.8 Å². The number of aliphatic hydroxyl groups excluding tert-OH is 1. The van der Waals surface area contributed by atoms with Crippen molar-refractivity contribution in [1.29, 1.82) is 0 Å². The summed E-state index contributed by atoms with van der Waals surface area (Å²) < 4.78 is 37.5. The molecule has 0 spiro atoms. The number of aliphatic hydroxyl groups is 1. The number of imidazole rings is 1. The molecule has 1 unspecified atom stereocenters. The van der Waals surface area contributed by atoms with Gasteiger partial charge >= 0.3 is 6.18 Å². The number of aromatic nitrogens is 2. The van der Waals surface area contributed by atoms with Gasteiger partial charge in [-0.15, -0.1) is 0 Å². The van der Waals surface area contributed by atoms with Crippen LogP contribution in [0.5, 0.6) is 0 Å². The van der Waals surface area contributed by atoms with Crippen molar-refractivity contribution in [2.24, 2.45) is 5.73 Å². The minimum atomic E-state index is -4.38. The molecule has 4 nitrogen and oxygen atoms in total. The molecule has 4 N–H and O–H groups in total. The van der Waals surface area contributed by atoms with Gasteiger partial charge in [-0.1, -0.05) is 0 Å². The van der Waals surface area contributed by atoms with Crippen LogP contribution in [-0.2, 0) is 6.18 Å². The van der Waals surface area contributed by atoms with Crippen LogP contribution < -0.4 is 5.73 Å². The molecule has 98 valence electrons. The zero-order chi connectivity index (χ0) is 13.3. The molecule has 1 aromatic carbocycles. The second-order valence-corrected chi connectivity index (χ2v) is 3.97. The zero-order valence-corrected chi connectivity index (χ0v) is 9.33. The molecule has 2 aromatic rings. The van der Waals surface area contributed by atoms with E-state index in [1.807, 2.05) is 0 Å². The summed E-state index contributed by atoms with van der Waals surface area (Å²) in [5.41, 5.74) is 5.69. The van der Waals surface area contributed by atoms with Crippen molar-refractivity contribution in [3.63, 3.8) is 0 Å². The number of fused-ring (bicyclic) bond motifs is 1. The number of rotatable bonds is 3. The van der Waals surface area contributed by atoms with Crippen molar-refractivity contribution in [1.82, 2.24) is 9.97 Å². The Balaban J connectivity index is 2.40. The SMILES string of the molecule is NC(CCO)c1nc2ccc(C(F)(F)F)cc2[nH]1. The number of nitrogens with two attached hydrogens (primary N) is 1. The highest BCUT2D eigenvalue weighted by Crippen LogP contribution is 2.31. The minimum Gasteiger partial charge on any atom is -0.396 e. The van der Waals surface area contributed by atoms with Crippen molar-refractivity contribution in [2.75, 3.05) is 6.61 Å². The number of nitrogens with one attached hydrogen (secondary N) is 1. The largest absolute Gasteiger partial charge is 0.416 e. The van der Waals surface area contributed by atoms with E-state index >= 15 is 0 Å². The summed E-state index contributed by atoms with van der Waals surface area (Å²) in [4.78, 5) is 6.84. The third kappa shape index (κ3) is 2.46. The van der Waals surface area contributed by atoms with Gasteiger partial charge in [-0.3, -0.25) is 0 Å². The fraction of sp³-hybridized carbons (Fsp3) is 0.364. The monoisotopic (exact) mass is 259 g/mol. The Morgan fingerprint density at radius 2 is 2.11 bits per heavy atom. The Morgan fingerprint density at radius 1 is 1.39 bits per heavy atom. The second kappa shape index (κ2) is 4.58. The number of benzene rings is 1. The van der Waals surface area contributed by atoms with Crippen LogP contribution >= 0.6 is 0 Å². The van der Waals surface area contributed by atoms with Crippen molar-refractivity contribution in [3.05, 3.63) is 29.6 Å². The summed E-state index contributed by atoms with van der Waals surface area (Å²) in [5, 5.41) is 8.75. The molecule has 7 heteroatoms. The maximum Gasteiger partial charge on any atom is 0.416 e. The molecule has 1 atom stereocenters. The fourth-order valence-corrected chi connectivity index (χ4v) is 1.66. The first-order chi connectivity index (χ1) is 8.41. The van der Waals surface area contributed by atoms with Gasteiger partial charge in [-0.2, -0.15) is 13.2 Å². The number of nitrogens with zero attached hydrogens (tertiary/aromatic N) is 1. The van der Waals surface area contributed by atoms with Gasteiger partial charge in [0.2, 0.25) is 0 Å². The maximum absolute atomic E-state index is 12.5. The van der Waals surface area contributed by atoms with E-state index in [1.54, 1.807) is 0 Å². The van der Waals surface area contributed by atoms with E-state index in [0.717, 1.165) is 12.1 Å². The highest BCUT2D eigenvalue weighted by atomic mass is 19.4. The lowest BCUT2D eigenvalue weighted by atomic mass is 10.2. The van der Waals surface area contributed by atoms with Gasteiger partial charge in [0.25, 0.3) is 0 Å². The summed E-state index contributed by atoms with van der Waals surface area (Å²) in [6.07, 6.45) is -4.08. The average Bonchev–Trinajstić information content (AvgIpc) is 2.70. The van der Waals surface area contributed by atoms with E-state index in [2.05, 4.69) is 9.97 Å². The number of H-pyrrole nitrogens is 1. The van der Waals surface area contributed by atoms with E-state index in [1.165, 1.54) is 6.07 Å². The summed E-state index contributed by atoms with van der Waals surface area (Å²) in [5.74, 6) is 0.373. The molecule has 0 radical (unpaired) electrons. The molecule has 0 saturated carbocycles. The molecule has 1 aromatic heterocycles. The summed E-state index contributed by atoms with van der Waals surface area (Å²) in [7, 11) is 0. The summed E-state index contributed by atoms with van der Waals surface area (Å²) >= 11 is 0. The Labute approximate surface area is 101 Å². The maximum atomic E-state index is 12.5. The smallest absolute Gasteiger partial charge is 0.396 e. The third-order valence-electron chi connectivity index (χ3n) is 2.62. The summed E-state index contributed by atoms with van der Waals surface area (Å²) in [6.45, 7) is -0.105. The molecule has 0 aliphatic carbocycles. The molecule has 0 aliphatic heterocycles. The van der Waals surface area contributed by atoms with Crippen LogP contribution in [0.1, 0.15) is 23.9 Å². The average molecular weight is 259 g/mol. The Hall–Kier alpha value is -1.60. The van der Waals surface area contributed by atoms with Gasteiger partial charge in [0, 0.05) is 6.61 Å². The highest BCUT2D eigenvalue weighted by molar-refractivity contribution is 5.76. The van der Waals surface area contributed by atoms with Crippen molar-refractivity contribution in [3.8, 4) is 0 Å². The third-order valence-corrected chi connectivity index (χ3v) is 2.62. The molecule has 2 rings (SSSR count). The van der Waals surface area contributed by atoms with Crippen LogP contribution in [0.25, 0.3) is 11.0 Å². The van der Waals surface area contributed by atoms with Crippen LogP contribution in [0.3, 0.4) is 0 Å². The van der Waals surface area contributed by atoms with Crippen molar-refractivity contribution in [2.45, 2.75) is 18.6 Å². The number of hydrogen-bond donors (Lipinski definition) is 3. The first kappa shape index (κ1) is 12.8. The van der Waals surface area contributed by atoms with Gasteiger partial charge < -0.3 is 15.8 Å². The van der Waals surface area contributed by atoms with Gasteiger partial charge in [-0.05, 0) is 24.6 Å². The fourth-order valence-electron chi connectivity index (χ4n) is 1.66. The first-order valence-corrected chi connectivity index (χ1v) is 5.35. The Morgan fingerprint density at radius 3 is 2.72 bits per heavy atom. The predicted octanol–water partition coefficient (Wildman–Crippen LogP) is 1.96. The van der Waals surface area contributed by atoms with Gasteiger partial charge in [0.05, 0.1) is 22.6 Å². The molecular formula is C11H12F3N3O. The van der Waals surface area contributed by atoms with Crippen molar-refractivity contribution < 1.29 is 18.3 Å². The van der Waals surface area contributed by atoms with Crippen LogP contribution in [0.4, 0.5) is 13.2 Å². The number of halogens is 3. The van der Waals surface area contributed by atoms with E-state index in [9.17, 15) is 13.2 Å². The predicted molar refractivity (Wildman–Crippen MR) is 59.7 cm³/mol. The lowest BCUT2D eigenvalue weighted by Crippen LogP contribution is -2.13. The van der Waals surface area contributed by atoms with E-state index in [-0.39, 0.29) is 12.1 Å². The molecule has 0 saturated heterocycles. The Kier molecular flexibility index (Phi) is 3.27. The molecule has 0 amide bonds. The molecule has 0 fully saturated rings. The van der Waals surface area contributed by atoms with Crippen LogP contribution in [0, 0.1) is 0 Å². The number of aromatic amines is 1. The normalized spacial score (nSPS) is 14.1. The van der Waals surface area contributed by atoms with Gasteiger partial charge in [-0.25, -0.2) is 4.98 Å². The highest BCUT2D eigenvalue weighted by Gasteiger charge is 2.30. The van der Waals surface area contributed by atoms with E-state index < -0.39 is 17.8 Å². The molecule has 0 aliphatic rings. The standard InChI is InChI=1S/C11H12F3N3O/c12-11(13,14)6-1-2-8-9(5-6)17-10(16-8)7(15)3-4-18/h1-2,5,7,18H,3-4,15H2,(H,16,17). The van der Waals surface area contributed by atoms with Crippen LogP contribution in [-0.4, -0.2) is 21.7 Å². The van der Waals surface area contributed by atoms with Crippen molar-refractivity contribution >= 4 is 11.0 Å². The van der Waals surface area contributed by atoms with Gasteiger partial charge in [0.1, 0.15) is 5.82 Å². The zero-order valence-electron chi connectivity index (χ0n) is 9.33. The molecule has 18 heavy (non-hydrogen) atoms. The number of alkyl halides is 3. The minimum absolute atomic E-state index is 0.105. The topological polar surface area (TPSA) is 74.9 Å². The van der Waals surface area contributed by atoms with Crippen LogP contribution in [0.2, 0.25) is 0 Å². The van der Waals surface area contributed by atoms with Gasteiger partial charge in [0.15, 0.2) is 0 Å². The summed E-state index contributed by atoms with van der Waals surface area (Å²) in [6, 6.07) is 2.75.